The number of aromatic nitrogens is 5. The van der Waals surface area contributed by atoms with Crippen LogP contribution in [0.2, 0.25) is 5.28 Å². The second-order valence-corrected chi connectivity index (χ2v) is 3.95. The van der Waals surface area contributed by atoms with Gasteiger partial charge >= 0.3 is 0 Å². The van der Waals surface area contributed by atoms with Crippen molar-refractivity contribution >= 4 is 17.5 Å². The van der Waals surface area contributed by atoms with Crippen molar-refractivity contribution in [3.05, 3.63) is 24.0 Å². The fourth-order valence-electron chi connectivity index (χ4n) is 1.52. The maximum absolute atomic E-state index is 9.00. The maximum Gasteiger partial charge on any atom is 0.241 e. The summed E-state index contributed by atoms with van der Waals surface area (Å²) in [5.41, 5.74) is 0. The van der Waals surface area contributed by atoms with Crippen molar-refractivity contribution in [1.29, 1.82) is 0 Å². The van der Waals surface area contributed by atoms with Crippen LogP contribution >= 0.6 is 11.6 Å². The number of hydrogen-bond acceptors (Lipinski definition) is 7. The third-order valence-electron chi connectivity index (χ3n) is 2.34. The van der Waals surface area contributed by atoms with E-state index in [1.54, 1.807) is 21.9 Å². The molecule has 2 N–H and O–H groups in total. The Kier molecular flexibility index (Phi) is 4.61. The van der Waals surface area contributed by atoms with Crippen molar-refractivity contribution in [2.75, 3.05) is 31.2 Å². The van der Waals surface area contributed by atoms with E-state index in [2.05, 4.69) is 19.9 Å². The lowest BCUT2D eigenvalue weighted by molar-refractivity contribution is 0.280. The molecule has 2 aromatic rings. The minimum absolute atomic E-state index is 0.0366. The number of aliphatic hydroxyl groups excluding tert-OH is 2. The minimum Gasteiger partial charge on any atom is -0.395 e. The molecule has 8 nitrogen and oxygen atoms in total. The highest BCUT2D eigenvalue weighted by atomic mass is 35.5. The van der Waals surface area contributed by atoms with Crippen LogP contribution in [0, 0.1) is 0 Å². The Morgan fingerprint density at radius 2 is 1.89 bits per heavy atom. The molecule has 0 amide bonds. The molecular weight excluding hydrogens is 272 g/mol. The highest BCUT2D eigenvalue weighted by Crippen LogP contribution is 2.13. The average molecular weight is 285 g/mol. The first kappa shape index (κ1) is 13.7. The molecular formula is C10H13ClN6O2. The molecule has 0 spiro atoms. The summed E-state index contributed by atoms with van der Waals surface area (Å²) < 4.78 is 1.59. The maximum atomic E-state index is 9.00. The van der Waals surface area contributed by atoms with Gasteiger partial charge in [-0.05, 0) is 11.6 Å². The second kappa shape index (κ2) is 6.41. The molecule has 0 fully saturated rings. The molecule has 0 aromatic carbocycles. The van der Waals surface area contributed by atoms with Gasteiger partial charge in [-0.15, -0.1) is 0 Å². The van der Waals surface area contributed by atoms with Crippen LogP contribution in [0.4, 0.5) is 5.95 Å². The number of nitrogens with zero attached hydrogens (tertiary/aromatic N) is 6. The lowest BCUT2D eigenvalue weighted by Crippen LogP contribution is -2.31. The Hall–Kier alpha value is -1.77. The zero-order valence-electron chi connectivity index (χ0n) is 10.0. The molecule has 0 bridgehead atoms. The summed E-state index contributed by atoms with van der Waals surface area (Å²) in [6.45, 7) is 0.433. The number of hydrogen-bond donors (Lipinski definition) is 2. The van der Waals surface area contributed by atoms with Crippen LogP contribution in [0.25, 0.3) is 5.95 Å². The Bertz CT molecular complexity index is 515. The Morgan fingerprint density at radius 3 is 2.47 bits per heavy atom. The molecule has 2 rings (SSSR count). The molecule has 0 aliphatic rings. The van der Waals surface area contributed by atoms with Gasteiger partial charge < -0.3 is 15.1 Å². The average Bonchev–Trinajstić information content (AvgIpc) is 2.91. The molecule has 0 radical (unpaired) electrons. The molecule has 0 saturated heterocycles. The third-order valence-corrected chi connectivity index (χ3v) is 2.51. The largest absolute Gasteiger partial charge is 0.395 e. The van der Waals surface area contributed by atoms with Crippen molar-refractivity contribution < 1.29 is 10.2 Å². The molecule has 19 heavy (non-hydrogen) atoms. The third kappa shape index (κ3) is 3.37. The fourth-order valence-corrected chi connectivity index (χ4v) is 1.67. The zero-order valence-corrected chi connectivity index (χ0v) is 10.8. The molecule has 9 heteroatoms. The first-order valence-electron chi connectivity index (χ1n) is 5.61. The monoisotopic (exact) mass is 284 g/mol. The molecule has 0 aliphatic heterocycles. The Morgan fingerprint density at radius 1 is 1.16 bits per heavy atom. The summed E-state index contributed by atoms with van der Waals surface area (Å²) in [6.07, 6.45) is 4.81. The van der Waals surface area contributed by atoms with E-state index in [1.165, 1.54) is 6.33 Å². The van der Waals surface area contributed by atoms with E-state index >= 15 is 0 Å². The van der Waals surface area contributed by atoms with Gasteiger partial charge in [0.1, 0.15) is 6.33 Å². The zero-order chi connectivity index (χ0) is 13.7. The highest BCUT2D eigenvalue weighted by Gasteiger charge is 2.13. The van der Waals surface area contributed by atoms with Gasteiger partial charge in [-0.25, -0.2) is 4.98 Å². The molecule has 0 atom stereocenters. The summed E-state index contributed by atoms with van der Waals surface area (Å²) >= 11 is 5.86. The van der Waals surface area contributed by atoms with E-state index in [1.807, 2.05) is 0 Å². The van der Waals surface area contributed by atoms with Crippen molar-refractivity contribution in [3.63, 3.8) is 0 Å². The quantitative estimate of drug-likeness (QED) is 0.737. The topological polar surface area (TPSA) is 100 Å². The van der Waals surface area contributed by atoms with Crippen molar-refractivity contribution in [1.82, 2.24) is 24.5 Å². The number of rotatable bonds is 6. The summed E-state index contributed by atoms with van der Waals surface area (Å²) in [7, 11) is 0. The Labute approximate surface area is 114 Å². The molecule has 0 aliphatic carbocycles. The van der Waals surface area contributed by atoms with Gasteiger partial charge in [0.15, 0.2) is 0 Å². The SMILES string of the molecule is OCCN(CCO)c1nc(Cl)nc(-n2ccnc2)n1. The summed E-state index contributed by atoms with van der Waals surface area (Å²) in [4.78, 5) is 17.7. The minimum atomic E-state index is -0.0797. The first-order chi connectivity index (χ1) is 9.24. The predicted molar refractivity (Wildman–Crippen MR) is 68.3 cm³/mol. The van der Waals surface area contributed by atoms with E-state index in [0.29, 0.717) is 25.0 Å². The number of halogens is 1. The standard InChI is InChI=1S/C10H13ClN6O2/c11-8-13-9(16(3-5-18)4-6-19)15-10(14-8)17-2-1-12-7-17/h1-2,7,18-19H,3-6H2. The van der Waals surface area contributed by atoms with E-state index in [0.717, 1.165) is 0 Å². The lowest BCUT2D eigenvalue weighted by atomic mass is 10.5. The molecule has 102 valence electrons. The molecule has 2 aromatic heterocycles. The van der Waals surface area contributed by atoms with Gasteiger partial charge in [0.2, 0.25) is 17.2 Å². The van der Waals surface area contributed by atoms with Crippen LogP contribution in [-0.4, -0.2) is 61.0 Å². The second-order valence-electron chi connectivity index (χ2n) is 3.61. The van der Waals surface area contributed by atoms with Crippen LogP contribution in [-0.2, 0) is 0 Å². The molecule has 0 unspecified atom stereocenters. The van der Waals surface area contributed by atoms with Crippen molar-refractivity contribution in [3.8, 4) is 5.95 Å². The predicted octanol–water partition coefficient (Wildman–Crippen LogP) is -0.498. The smallest absolute Gasteiger partial charge is 0.241 e. The summed E-state index contributed by atoms with van der Waals surface area (Å²) in [5, 5.41) is 18.0. The van der Waals surface area contributed by atoms with E-state index in [-0.39, 0.29) is 18.5 Å². The number of anilines is 1. The van der Waals surface area contributed by atoms with Crippen molar-refractivity contribution in [2.24, 2.45) is 0 Å². The fraction of sp³-hybridized carbons (Fsp3) is 0.400. The molecule has 0 saturated carbocycles. The first-order valence-corrected chi connectivity index (χ1v) is 5.99. The number of imidazole rings is 1. The van der Waals surface area contributed by atoms with Crippen LogP contribution in [0.5, 0.6) is 0 Å². The van der Waals surface area contributed by atoms with Gasteiger partial charge in [-0.2, -0.15) is 15.0 Å². The van der Waals surface area contributed by atoms with Gasteiger partial charge in [0, 0.05) is 25.5 Å². The normalized spacial score (nSPS) is 10.7. The Balaban J connectivity index is 2.34. The van der Waals surface area contributed by atoms with Gasteiger partial charge in [-0.3, -0.25) is 4.57 Å². The van der Waals surface area contributed by atoms with Crippen LogP contribution in [0.3, 0.4) is 0 Å². The summed E-state index contributed by atoms with van der Waals surface area (Å²) in [6, 6.07) is 0. The van der Waals surface area contributed by atoms with E-state index < -0.39 is 0 Å². The lowest BCUT2D eigenvalue weighted by Gasteiger charge is -2.20. The van der Waals surface area contributed by atoms with Crippen LogP contribution < -0.4 is 4.90 Å². The van der Waals surface area contributed by atoms with Gasteiger partial charge in [0.05, 0.1) is 13.2 Å². The van der Waals surface area contributed by atoms with Crippen LogP contribution in [0.15, 0.2) is 18.7 Å². The van der Waals surface area contributed by atoms with Gasteiger partial charge in [0.25, 0.3) is 0 Å². The van der Waals surface area contributed by atoms with E-state index in [4.69, 9.17) is 21.8 Å². The van der Waals surface area contributed by atoms with Gasteiger partial charge in [-0.1, -0.05) is 0 Å². The molecule has 2 heterocycles. The highest BCUT2D eigenvalue weighted by molar-refractivity contribution is 6.28. The summed E-state index contributed by atoms with van der Waals surface area (Å²) in [5.74, 6) is 0.625. The van der Waals surface area contributed by atoms with Crippen molar-refractivity contribution in [2.45, 2.75) is 0 Å². The van der Waals surface area contributed by atoms with Crippen LogP contribution in [0.1, 0.15) is 0 Å². The van der Waals surface area contributed by atoms with E-state index in [9.17, 15) is 0 Å². The number of aliphatic hydroxyl groups is 2.